The van der Waals surface area contributed by atoms with E-state index in [0.717, 1.165) is 19.0 Å². The van der Waals surface area contributed by atoms with E-state index in [-0.39, 0.29) is 10.4 Å². The van der Waals surface area contributed by atoms with E-state index in [2.05, 4.69) is 5.32 Å². The van der Waals surface area contributed by atoms with Crippen LogP contribution in [0.5, 0.6) is 0 Å². The lowest BCUT2D eigenvalue weighted by molar-refractivity contribution is -0.116. The van der Waals surface area contributed by atoms with Crippen LogP contribution >= 0.6 is 11.6 Å². The van der Waals surface area contributed by atoms with Crippen molar-refractivity contribution in [2.24, 2.45) is 14.1 Å². The third-order valence-electron chi connectivity index (χ3n) is 4.99. The molecule has 0 saturated carbocycles. The van der Waals surface area contributed by atoms with Crippen LogP contribution in [-0.2, 0) is 28.9 Å². The van der Waals surface area contributed by atoms with E-state index >= 15 is 0 Å². The molecule has 0 spiro atoms. The minimum atomic E-state index is -4.04. The molecule has 2 aromatic carbocycles. The molecule has 9 nitrogen and oxygen atoms in total. The number of hydrogen-bond acceptors (Lipinski definition) is 5. The largest absolute Gasteiger partial charge is 0.325 e. The lowest BCUT2D eigenvalue weighted by Crippen LogP contribution is -2.39. The Morgan fingerprint density at radius 1 is 1.03 bits per heavy atom. The van der Waals surface area contributed by atoms with Crippen molar-refractivity contribution in [3.63, 3.8) is 0 Å². The summed E-state index contributed by atoms with van der Waals surface area (Å²) in [6.07, 6.45) is 0. The maximum atomic E-state index is 13.0. The number of rotatable bonds is 5. The number of hydrogen-bond donors (Lipinski definition) is 1. The molecule has 0 aliphatic heterocycles. The monoisotopic (exact) mass is 464 g/mol. The second-order valence-electron chi connectivity index (χ2n) is 7.15. The minimum Gasteiger partial charge on any atom is -0.325 e. The van der Waals surface area contributed by atoms with Crippen LogP contribution in [0.4, 0.5) is 5.69 Å². The van der Waals surface area contributed by atoms with E-state index in [1.54, 1.807) is 18.2 Å². The molecule has 0 unspecified atom stereocenters. The zero-order chi connectivity index (χ0) is 23.1. The highest BCUT2D eigenvalue weighted by atomic mass is 35.5. The quantitative estimate of drug-likeness (QED) is 0.575. The molecule has 1 N–H and O–H groups in total. The van der Waals surface area contributed by atoms with E-state index in [4.69, 9.17) is 11.6 Å². The molecule has 164 valence electrons. The van der Waals surface area contributed by atoms with Crippen LogP contribution in [0, 0.1) is 6.92 Å². The summed E-state index contributed by atoms with van der Waals surface area (Å²) in [6, 6.07) is 9.07. The summed E-state index contributed by atoms with van der Waals surface area (Å²) in [7, 11) is 0.0709. The average molecular weight is 465 g/mol. The molecule has 0 aliphatic carbocycles. The fraction of sp³-hybridized carbons (Fsp3) is 0.250. The first kappa shape index (κ1) is 22.7. The number of nitrogens with zero attached hydrogens (tertiary/aromatic N) is 3. The normalized spacial score (nSPS) is 11.8. The Bertz CT molecular complexity index is 1430. The highest BCUT2D eigenvalue weighted by Crippen LogP contribution is 2.21. The average Bonchev–Trinajstić information content (AvgIpc) is 2.72. The van der Waals surface area contributed by atoms with E-state index in [1.165, 1.54) is 39.3 Å². The van der Waals surface area contributed by atoms with Gasteiger partial charge < -0.3 is 14.5 Å². The third kappa shape index (κ3) is 4.27. The number of benzene rings is 2. The third-order valence-corrected chi connectivity index (χ3v) is 7.20. The fourth-order valence-corrected chi connectivity index (χ4v) is 4.39. The molecule has 11 heteroatoms. The van der Waals surface area contributed by atoms with Crippen LogP contribution in [0.25, 0.3) is 11.0 Å². The molecule has 3 rings (SSSR count). The molecule has 0 fully saturated rings. The van der Waals surface area contributed by atoms with Gasteiger partial charge in [0.15, 0.2) is 0 Å². The summed E-state index contributed by atoms with van der Waals surface area (Å²) in [5, 5.41) is 3.09. The SMILES string of the molecule is Cc1ccc(NC(=O)CN(C)S(=O)(=O)c2ccc3c(c2)n(C)c(=O)c(=O)n3C)cc1Cl. The highest BCUT2D eigenvalue weighted by Gasteiger charge is 2.24. The summed E-state index contributed by atoms with van der Waals surface area (Å²) >= 11 is 6.04. The second-order valence-corrected chi connectivity index (χ2v) is 9.60. The number of sulfonamides is 1. The Hall–Kier alpha value is -2.95. The summed E-state index contributed by atoms with van der Waals surface area (Å²) < 4.78 is 29.1. The van der Waals surface area contributed by atoms with Crippen LogP contribution in [0.1, 0.15) is 5.56 Å². The second kappa shape index (κ2) is 8.29. The molecule has 0 atom stereocenters. The Balaban J connectivity index is 1.89. The van der Waals surface area contributed by atoms with Crippen molar-refractivity contribution in [1.29, 1.82) is 0 Å². The van der Waals surface area contributed by atoms with Gasteiger partial charge in [-0.25, -0.2) is 8.42 Å². The molecule has 0 saturated heterocycles. The summed E-state index contributed by atoms with van der Waals surface area (Å²) in [5.41, 5.74) is 0.503. The number of halogens is 1. The van der Waals surface area contributed by atoms with Crippen molar-refractivity contribution in [1.82, 2.24) is 13.4 Å². The molecular weight excluding hydrogens is 444 g/mol. The van der Waals surface area contributed by atoms with E-state index in [0.29, 0.717) is 16.2 Å². The molecule has 0 bridgehead atoms. The van der Waals surface area contributed by atoms with Crippen LogP contribution in [0.2, 0.25) is 5.02 Å². The van der Waals surface area contributed by atoms with Gasteiger partial charge in [0.1, 0.15) is 0 Å². The number of amides is 1. The Kier molecular flexibility index (Phi) is 6.08. The number of aryl methyl sites for hydroxylation is 3. The number of anilines is 1. The number of aromatic nitrogens is 2. The standard InChI is InChI=1S/C20H21ClN4O5S/c1-12-5-6-13(9-15(12)21)22-18(26)11-23(2)31(29,30)14-7-8-16-17(10-14)25(4)20(28)19(27)24(16)3/h5-10H,11H2,1-4H3,(H,22,26). The lowest BCUT2D eigenvalue weighted by Gasteiger charge is -2.18. The van der Waals surface area contributed by atoms with Gasteiger partial charge in [0.05, 0.1) is 22.5 Å². The lowest BCUT2D eigenvalue weighted by atomic mass is 10.2. The van der Waals surface area contributed by atoms with Crippen molar-refractivity contribution >= 4 is 44.3 Å². The Morgan fingerprint density at radius 2 is 1.65 bits per heavy atom. The zero-order valence-corrected chi connectivity index (χ0v) is 18.9. The van der Waals surface area contributed by atoms with Crippen molar-refractivity contribution in [3.05, 3.63) is 67.7 Å². The highest BCUT2D eigenvalue weighted by molar-refractivity contribution is 7.89. The molecule has 0 radical (unpaired) electrons. The fourth-order valence-electron chi connectivity index (χ4n) is 3.06. The van der Waals surface area contributed by atoms with Gasteiger partial charge in [0, 0.05) is 31.9 Å². The van der Waals surface area contributed by atoms with Gasteiger partial charge in [0.25, 0.3) is 0 Å². The van der Waals surface area contributed by atoms with Crippen LogP contribution in [-0.4, -0.2) is 41.4 Å². The molecule has 1 amide bonds. The summed E-state index contributed by atoms with van der Waals surface area (Å²) in [4.78, 5) is 36.3. The van der Waals surface area contributed by atoms with E-state index in [9.17, 15) is 22.8 Å². The first-order chi connectivity index (χ1) is 14.4. The van der Waals surface area contributed by atoms with Gasteiger partial charge in [0.2, 0.25) is 15.9 Å². The number of nitrogens with one attached hydrogen (secondary N) is 1. The Morgan fingerprint density at radius 3 is 2.26 bits per heavy atom. The maximum Gasteiger partial charge on any atom is 0.316 e. The molecule has 0 aliphatic rings. The van der Waals surface area contributed by atoms with Gasteiger partial charge in [-0.1, -0.05) is 17.7 Å². The van der Waals surface area contributed by atoms with Crippen LogP contribution in [0.3, 0.4) is 0 Å². The Labute approximate surface area is 183 Å². The van der Waals surface area contributed by atoms with Crippen LogP contribution in [0.15, 0.2) is 50.9 Å². The first-order valence-electron chi connectivity index (χ1n) is 9.15. The van der Waals surface area contributed by atoms with E-state index < -0.39 is 33.6 Å². The van der Waals surface area contributed by atoms with Gasteiger partial charge in [-0.05, 0) is 42.8 Å². The number of carbonyl (C=O) groups excluding carboxylic acids is 1. The van der Waals surface area contributed by atoms with Crippen molar-refractivity contribution in [3.8, 4) is 0 Å². The van der Waals surface area contributed by atoms with Crippen LogP contribution < -0.4 is 16.4 Å². The molecular formula is C20H21ClN4O5S. The minimum absolute atomic E-state index is 0.109. The number of carbonyl (C=O) groups is 1. The van der Waals surface area contributed by atoms with Gasteiger partial charge in [-0.3, -0.25) is 14.4 Å². The topological polar surface area (TPSA) is 110 Å². The smallest absolute Gasteiger partial charge is 0.316 e. The molecule has 1 aromatic heterocycles. The predicted octanol–water partition coefficient (Wildman–Crippen LogP) is 1.46. The number of fused-ring (bicyclic) bond motifs is 1. The van der Waals surface area contributed by atoms with Crippen molar-refractivity contribution in [2.45, 2.75) is 11.8 Å². The molecule has 1 heterocycles. The van der Waals surface area contributed by atoms with Gasteiger partial charge in [-0.15, -0.1) is 0 Å². The number of likely N-dealkylation sites (N-methyl/N-ethyl adjacent to an activating group) is 1. The van der Waals surface area contributed by atoms with Crippen molar-refractivity contribution < 1.29 is 13.2 Å². The van der Waals surface area contributed by atoms with Gasteiger partial charge >= 0.3 is 11.1 Å². The first-order valence-corrected chi connectivity index (χ1v) is 11.0. The summed E-state index contributed by atoms with van der Waals surface area (Å²) in [6.45, 7) is 1.39. The molecule has 3 aromatic rings. The summed E-state index contributed by atoms with van der Waals surface area (Å²) in [5.74, 6) is -0.540. The molecule has 31 heavy (non-hydrogen) atoms. The van der Waals surface area contributed by atoms with Crippen molar-refractivity contribution in [2.75, 3.05) is 18.9 Å². The zero-order valence-electron chi connectivity index (χ0n) is 17.3. The maximum absolute atomic E-state index is 13.0. The van der Waals surface area contributed by atoms with E-state index in [1.807, 2.05) is 6.92 Å². The van der Waals surface area contributed by atoms with Gasteiger partial charge in [-0.2, -0.15) is 4.31 Å². The predicted molar refractivity (Wildman–Crippen MR) is 119 cm³/mol.